The van der Waals surface area contributed by atoms with Gasteiger partial charge >= 0.3 is 6.18 Å². The van der Waals surface area contributed by atoms with Crippen molar-refractivity contribution in [3.8, 4) is 5.75 Å². The highest BCUT2D eigenvalue weighted by Crippen LogP contribution is 2.30. The smallest absolute Gasteiger partial charge is 0.416 e. The van der Waals surface area contributed by atoms with Gasteiger partial charge in [-0.05, 0) is 60.8 Å². The Labute approximate surface area is 171 Å². The highest BCUT2D eigenvalue weighted by Gasteiger charge is 2.30. The maximum atomic E-state index is 12.9. The van der Waals surface area contributed by atoms with Crippen LogP contribution in [0.1, 0.15) is 23.1 Å². The fourth-order valence-corrected chi connectivity index (χ4v) is 3.61. The molecule has 0 saturated carbocycles. The lowest BCUT2D eigenvalue weighted by atomic mass is 10.1. The van der Waals surface area contributed by atoms with Crippen molar-refractivity contribution in [1.29, 1.82) is 0 Å². The van der Waals surface area contributed by atoms with Gasteiger partial charge in [0.05, 0.1) is 18.8 Å². The summed E-state index contributed by atoms with van der Waals surface area (Å²) in [4.78, 5) is 2.38. The summed E-state index contributed by atoms with van der Waals surface area (Å²) in [6.07, 6.45) is -2.52. The molecule has 0 bridgehead atoms. The van der Waals surface area contributed by atoms with Crippen molar-refractivity contribution in [2.75, 3.05) is 32.8 Å². The summed E-state index contributed by atoms with van der Waals surface area (Å²) in [5, 5.41) is 0. The summed E-state index contributed by atoms with van der Waals surface area (Å²) >= 11 is 3.48. The predicted octanol–water partition coefficient (Wildman–Crippen LogP) is 5.31. The molecule has 152 valence electrons. The second-order valence-corrected chi connectivity index (χ2v) is 7.71. The Kier molecular flexibility index (Phi) is 7.37. The van der Waals surface area contributed by atoms with E-state index in [1.807, 2.05) is 18.2 Å². The standard InChI is InChI=1S/C21H23BrF3NO2/c22-19-6-7-20(17(14-19)4-2-8-26-9-11-27-12-10-26)28-15-16-3-1-5-18(13-16)21(23,24)25/h1,3,5-7,13-14H,2,4,8-12,15H2. The number of morpholine rings is 1. The topological polar surface area (TPSA) is 21.7 Å². The van der Waals surface area contributed by atoms with Crippen molar-refractivity contribution in [2.45, 2.75) is 25.6 Å². The molecule has 0 radical (unpaired) electrons. The van der Waals surface area contributed by atoms with E-state index in [9.17, 15) is 13.2 Å². The van der Waals surface area contributed by atoms with Crippen LogP contribution in [-0.2, 0) is 23.9 Å². The monoisotopic (exact) mass is 457 g/mol. The average molecular weight is 458 g/mol. The first-order chi connectivity index (χ1) is 13.4. The van der Waals surface area contributed by atoms with Crippen molar-refractivity contribution < 1.29 is 22.6 Å². The molecule has 0 N–H and O–H groups in total. The highest BCUT2D eigenvalue weighted by atomic mass is 79.9. The third kappa shape index (κ3) is 6.22. The molecule has 0 atom stereocenters. The van der Waals surface area contributed by atoms with Gasteiger partial charge < -0.3 is 9.47 Å². The molecule has 1 saturated heterocycles. The Morgan fingerprint density at radius 3 is 2.61 bits per heavy atom. The number of halogens is 4. The first kappa shape index (κ1) is 21.1. The predicted molar refractivity (Wildman–Crippen MR) is 105 cm³/mol. The SMILES string of the molecule is FC(F)(F)c1cccc(COc2ccc(Br)cc2CCCN2CCOCC2)c1. The van der Waals surface area contributed by atoms with Crippen molar-refractivity contribution in [3.05, 3.63) is 63.6 Å². The van der Waals surface area contributed by atoms with Crippen LogP contribution in [0.3, 0.4) is 0 Å². The molecular formula is C21H23BrF3NO2. The molecule has 0 spiro atoms. The Balaban J connectivity index is 1.60. The Bertz CT molecular complexity index is 776. The van der Waals surface area contributed by atoms with Crippen LogP contribution in [-0.4, -0.2) is 37.7 Å². The first-order valence-corrected chi connectivity index (χ1v) is 10.1. The van der Waals surface area contributed by atoms with E-state index >= 15 is 0 Å². The van der Waals surface area contributed by atoms with Gasteiger partial charge in [-0.25, -0.2) is 0 Å². The summed E-state index contributed by atoms with van der Waals surface area (Å²) in [7, 11) is 0. The number of alkyl halides is 3. The minimum Gasteiger partial charge on any atom is -0.489 e. The van der Waals surface area contributed by atoms with Crippen LogP contribution >= 0.6 is 15.9 Å². The lowest BCUT2D eigenvalue weighted by Crippen LogP contribution is -2.36. The van der Waals surface area contributed by atoms with Crippen LogP contribution in [0.2, 0.25) is 0 Å². The van der Waals surface area contributed by atoms with Gasteiger partial charge in [0.15, 0.2) is 0 Å². The number of aryl methyl sites for hydroxylation is 1. The molecule has 3 nitrogen and oxygen atoms in total. The summed E-state index contributed by atoms with van der Waals surface area (Å²) in [6.45, 7) is 4.56. The molecule has 1 heterocycles. The van der Waals surface area contributed by atoms with E-state index < -0.39 is 11.7 Å². The van der Waals surface area contributed by atoms with Crippen molar-refractivity contribution in [3.63, 3.8) is 0 Å². The zero-order valence-electron chi connectivity index (χ0n) is 15.5. The Hall–Kier alpha value is -1.57. The van der Waals surface area contributed by atoms with Crippen LogP contribution in [0.5, 0.6) is 5.75 Å². The number of rotatable bonds is 7. The normalized spacial score (nSPS) is 15.6. The molecule has 3 rings (SSSR count). The van der Waals surface area contributed by atoms with E-state index in [0.717, 1.165) is 67.9 Å². The first-order valence-electron chi connectivity index (χ1n) is 9.29. The lowest BCUT2D eigenvalue weighted by molar-refractivity contribution is -0.137. The quantitative estimate of drug-likeness (QED) is 0.562. The maximum absolute atomic E-state index is 12.9. The van der Waals surface area contributed by atoms with Crippen molar-refractivity contribution in [2.24, 2.45) is 0 Å². The van der Waals surface area contributed by atoms with Crippen molar-refractivity contribution >= 4 is 15.9 Å². The van der Waals surface area contributed by atoms with Crippen LogP contribution in [0.4, 0.5) is 13.2 Å². The van der Waals surface area contributed by atoms with Crippen LogP contribution < -0.4 is 4.74 Å². The molecule has 0 aliphatic carbocycles. The van der Waals surface area contributed by atoms with Gasteiger partial charge in [-0.15, -0.1) is 0 Å². The molecule has 0 unspecified atom stereocenters. The molecule has 2 aromatic rings. The molecule has 0 aromatic heterocycles. The number of benzene rings is 2. The average Bonchev–Trinajstić information content (AvgIpc) is 2.68. The molecule has 7 heteroatoms. The van der Waals surface area contributed by atoms with Gasteiger partial charge in [-0.2, -0.15) is 13.2 Å². The molecule has 1 fully saturated rings. The summed E-state index contributed by atoms with van der Waals surface area (Å²) in [5.74, 6) is 0.711. The van der Waals surface area contributed by atoms with Gasteiger partial charge in [-0.3, -0.25) is 4.90 Å². The molecule has 0 amide bonds. The molecule has 1 aliphatic rings. The summed E-state index contributed by atoms with van der Waals surface area (Å²) in [6, 6.07) is 11.0. The van der Waals surface area contributed by atoms with Gasteiger partial charge in [-0.1, -0.05) is 28.1 Å². The Morgan fingerprint density at radius 2 is 1.86 bits per heavy atom. The van der Waals surface area contributed by atoms with E-state index in [2.05, 4.69) is 20.8 Å². The molecular weight excluding hydrogens is 435 g/mol. The fourth-order valence-electron chi connectivity index (χ4n) is 3.20. The van der Waals surface area contributed by atoms with Gasteiger partial charge in [0.25, 0.3) is 0 Å². The van der Waals surface area contributed by atoms with Gasteiger partial charge in [0.1, 0.15) is 12.4 Å². The number of ether oxygens (including phenoxy) is 2. The molecule has 28 heavy (non-hydrogen) atoms. The zero-order valence-corrected chi connectivity index (χ0v) is 17.1. The van der Waals surface area contributed by atoms with Crippen LogP contribution in [0.15, 0.2) is 46.9 Å². The minimum atomic E-state index is -4.35. The lowest BCUT2D eigenvalue weighted by Gasteiger charge is -2.26. The largest absolute Gasteiger partial charge is 0.489 e. The van der Waals surface area contributed by atoms with E-state index in [-0.39, 0.29) is 6.61 Å². The minimum absolute atomic E-state index is 0.0992. The molecule has 1 aliphatic heterocycles. The summed E-state index contributed by atoms with van der Waals surface area (Å²) < 4.78 is 50.8. The van der Waals surface area contributed by atoms with E-state index in [0.29, 0.717) is 11.3 Å². The van der Waals surface area contributed by atoms with Gasteiger partial charge in [0.2, 0.25) is 0 Å². The fraction of sp³-hybridized carbons (Fsp3) is 0.429. The number of nitrogens with zero attached hydrogens (tertiary/aromatic N) is 1. The van der Waals surface area contributed by atoms with Crippen molar-refractivity contribution in [1.82, 2.24) is 4.90 Å². The zero-order chi connectivity index (χ0) is 20.0. The summed E-state index contributed by atoms with van der Waals surface area (Å²) in [5.41, 5.74) is 0.891. The second-order valence-electron chi connectivity index (χ2n) is 6.80. The molecule has 2 aromatic carbocycles. The number of hydrogen-bond donors (Lipinski definition) is 0. The van der Waals surface area contributed by atoms with E-state index in [1.165, 1.54) is 6.07 Å². The third-order valence-corrected chi connectivity index (χ3v) is 5.19. The van der Waals surface area contributed by atoms with Gasteiger partial charge in [0, 0.05) is 17.6 Å². The van der Waals surface area contributed by atoms with Crippen LogP contribution in [0, 0.1) is 0 Å². The second kappa shape index (κ2) is 9.76. The highest BCUT2D eigenvalue weighted by molar-refractivity contribution is 9.10. The van der Waals surface area contributed by atoms with Crippen LogP contribution in [0.25, 0.3) is 0 Å². The third-order valence-electron chi connectivity index (χ3n) is 4.70. The van der Waals surface area contributed by atoms with E-state index in [4.69, 9.17) is 9.47 Å². The Morgan fingerprint density at radius 1 is 1.07 bits per heavy atom. The van der Waals surface area contributed by atoms with E-state index in [1.54, 1.807) is 6.07 Å². The number of hydrogen-bond acceptors (Lipinski definition) is 3. The maximum Gasteiger partial charge on any atom is 0.416 e.